The number of pyridine rings is 1. The largest absolute Gasteiger partial charge is 0.340 e. The predicted molar refractivity (Wildman–Crippen MR) is 79.6 cm³/mol. The molecule has 0 atom stereocenters. The summed E-state index contributed by atoms with van der Waals surface area (Å²) in [7, 11) is 0. The Hall–Kier alpha value is -1.48. The van der Waals surface area contributed by atoms with Crippen LogP contribution in [-0.2, 0) is 0 Å². The van der Waals surface area contributed by atoms with E-state index in [1.165, 1.54) is 4.90 Å². The summed E-state index contributed by atoms with van der Waals surface area (Å²) in [6.07, 6.45) is 1.92. The molecule has 0 spiro atoms. The molecule has 2 rings (SSSR count). The van der Waals surface area contributed by atoms with E-state index in [-0.39, 0.29) is 4.75 Å². The Balaban J connectivity index is 2.04. The summed E-state index contributed by atoms with van der Waals surface area (Å²) in [4.78, 5) is 5.62. The van der Waals surface area contributed by atoms with E-state index in [2.05, 4.69) is 37.1 Å². The van der Waals surface area contributed by atoms with Crippen LogP contribution in [-0.4, -0.2) is 9.73 Å². The Morgan fingerprint density at radius 3 is 2.28 bits per heavy atom. The number of aromatic nitrogens is 1. The van der Waals surface area contributed by atoms with Crippen molar-refractivity contribution in [3.63, 3.8) is 0 Å². The van der Waals surface area contributed by atoms with E-state index in [1.807, 2.05) is 54.4 Å². The van der Waals surface area contributed by atoms with Gasteiger partial charge >= 0.3 is 0 Å². The van der Waals surface area contributed by atoms with Gasteiger partial charge in [0.15, 0.2) is 0 Å². The molecule has 18 heavy (non-hydrogen) atoms. The SMILES string of the molecule is CC(C)(C)Sc1ccc(Nc2ccccc2)nc1. The Bertz CT molecular complexity index is 486. The summed E-state index contributed by atoms with van der Waals surface area (Å²) >= 11 is 1.83. The molecule has 1 N–H and O–H groups in total. The molecule has 94 valence electrons. The summed E-state index contributed by atoms with van der Waals surface area (Å²) in [6, 6.07) is 14.2. The first-order chi connectivity index (χ1) is 8.53. The molecule has 3 heteroatoms. The second-order valence-electron chi connectivity index (χ2n) is 5.08. The van der Waals surface area contributed by atoms with Gasteiger partial charge in [0.1, 0.15) is 5.82 Å². The molecular weight excluding hydrogens is 240 g/mol. The number of nitrogens with one attached hydrogen (secondary N) is 1. The molecule has 0 unspecified atom stereocenters. The standard InChI is InChI=1S/C15H18N2S/c1-15(2,3)18-13-9-10-14(16-11-13)17-12-7-5-4-6-8-12/h4-11H,1-3H3,(H,16,17). The van der Waals surface area contributed by atoms with Crippen LogP contribution in [0.15, 0.2) is 53.6 Å². The van der Waals surface area contributed by atoms with Crippen LogP contribution in [0.2, 0.25) is 0 Å². The summed E-state index contributed by atoms with van der Waals surface area (Å²) in [6.45, 7) is 6.61. The first kappa shape index (κ1) is 13.0. The number of anilines is 2. The van der Waals surface area contributed by atoms with Crippen molar-refractivity contribution in [2.24, 2.45) is 0 Å². The molecule has 0 aliphatic carbocycles. The van der Waals surface area contributed by atoms with Crippen molar-refractivity contribution in [1.29, 1.82) is 0 Å². The molecule has 1 aromatic carbocycles. The molecule has 2 nitrogen and oxygen atoms in total. The molecular formula is C15H18N2S. The van der Waals surface area contributed by atoms with Gasteiger partial charge in [-0.1, -0.05) is 39.0 Å². The molecule has 0 aliphatic rings. The molecule has 0 saturated heterocycles. The van der Waals surface area contributed by atoms with Crippen LogP contribution >= 0.6 is 11.8 Å². The zero-order valence-corrected chi connectivity index (χ0v) is 11.8. The zero-order valence-electron chi connectivity index (χ0n) is 11.0. The van der Waals surface area contributed by atoms with Crippen LogP contribution < -0.4 is 5.32 Å². The molecule has 0 saturated carbocycles. The van der Waals surface area contributed by atoms with E-state index in [9.17, 15) is 0 Å². The van der Waals surface area contributed by atoms with E-state index in [4.69, 9.17) is 0 Å². The van der Waals surface area contributed by atoms with E-state index < -0.39 is 0 Å². The van der Waals surface area contributed by atoms with Gasteiger partial charge in [-0.3, -0.25) is 0 Å². The number of hydrogen-bond acceptors (Lipinski definition) is 3. The first-order valence-electron chi connectivity index (χ1n) is 6.00. The summed E-state index contributed by atoms with van der Waals surface area (Å²) in [5.74, 6) is 0.874. The molecule has 0 bridgehead atoms. The van der Waals surface area contributed by atoms with Gasteiger partial charge in [0.2, 0.25) is 0 Å². The van der Waals surface area contributed by atoms with Gasteiger partial charge in [0, 0.05) is 21.5 Å². The molecule has 0 radical (unpaired) electrons. The number of para-hydroxylation sites is 1. The van der Waals surface area contributed by atoms with E-state index >= 15 is 0 Å². The molecule has 1 aromatic heterocycles. The first-order valence-corrected chi connectivity index (χ1v) is 6.82. The molecule has 2 aromatic rings. The third-order valence-electron chi connectivity index (χ3n) is 2.21. The maximum Gasteiger partial charge on any atom is 0.130 e. The van der Waals surface area contributed by atoms with Gasteiger partial charge in [-0.05, 0) is 24.3 Å². The van der Waals surface area contributed by atoms with Gasteiger partial charge < -0.3 is 5.32 Å². The van der Waals surface area contributed by atoms with Gasteiger partial charge in [0.05, 0.1) is 0 Å². The van der Waals surface area contributed by atoms with Crippen LogP contribution in [0.25, 0.3) is 0 Å². The lowest BCUT2D eigenvalue weighted by Crippen LogP contribution is -2.06. The highest BCUT2D eigenvalue weighted by molar-refractivity contribution is 8.00. The predicted octanol–water partition coefficient (Wildman–Crippen LogP) is 4.72. The van der Waals surface area contributed by atoms with Crippen molar-refractivity contribution in [2.45, 2.75) is 30.4 Å². The van der Waals surface area contributed by atoms with Crippen molar-refractivity contribution in [3.05, 3.63) is 48.7 Å². The summed E-state index contributed by atoms with van der Waals surface area (Å²) < 4.78 is 0.218. The highest BCUT2D eigenvalue weighted by atomic mass is 32.2. The van der Waals surface area contributed by atoms with Crippen molar-refractivity contribution in [3.8, 4) is 0 Å². The highest BCUT2D eigenvalue weighted by Gasteiger charge is 2.11. The van der Waals surface area contributed by atoms with Crippen LogP contribution in [0.5, 0.6) is 0 Å². The van der Waals surface area contributed by atoms with Gasteiger partial charge in [0.25, 0.3) is 0 Å². The van der Waals surface area contributed by atoms with Crippen molar-refractivity contribution in [1.82, 2.24) is 4.98 Å². The maximum atomic E-state index is 4.43. The Morgan fingerprint density at radius 1 is 1.00 bits per heavy atom. The highest BCUT2D eigenvalue weighted by Crippen LogP contribution is 2.31. The Morgan fingerprint density at radius 2 is 1.72 bits per heavy atom. The Kier molecular flexibility index (Phi) is 3.92. The van der Waals surface area contributed by atoms with E-state index in [0.29, 0.717) is 0 Å². The van der Waals surface area contributed by atoms with Gasteiger partial charge in [-0.2, -0.15) is 0 Å². The maximum absolute atomic E-state index is 4.43. The van der Waals surface area contributed by atoms with Gasteiger partial charge in [-0.15, -0.1) is 11.8 Å². The van der Waals surface area contributed by atoms with Crippen LogP contribution in [0.4, 0.5) is 11.5 Å². The van der Waals surface area contributed by atoms with Crippen LogP contribution in [0.1, 0.15) is 20.8 Å². The zero-order chi connectivity index (χ0) is 13.0. The smallest absolute Gasteiger partial charge is 0.130 e. The fourth-order valence-corrected chi connectivity index (χ4v) is 2.49. The van der Waals surface area contributed by atoms with Crippen molar-refractivity contribution >= 4 is 23.3 Å². The summed E-state index contributed by atoms with van der Waals surface area (Å²) in [5, 5.41) is 3.27. The normalized spacial score (nSPS) is 11.3. The number of nitrogens with zero attached hydrogens (tertiary/aromatic N) is 1. The van der Waals surface area contributed by atoms with E-state index in [0.717, 1.165) is 11.5 Å². The summed E-state index contributed by atoms with van der Waals surface area (Å²) in [5.41, 5.74) is 1.06. The second-order valence-corrected chi connectivity index (χ2v) is 6.98. The van der Waals surface area contributed by atoms with Crippen LogP contribution in [0, 0.1) is 0 Å². The number of benzene rings is 1. The quantitative estimate of drug-likeness (QED) is 0.807. The lowest BCUT2D eigenvalue weighted by molar-refractivity contribution is 0.802. The molecule has 0 aliphatic heterocycles. The Labute approximate surface area is 113 Å². The molecule has 0 amide bonds. The van der Waals surface area contributed by atoms with Crippen molar-refractivity contribution < 1.29 is 0 Å². The third kappa shape index (κ3) is 4.08. The number of thioether (sulfide) groups is 1. The molecule has 1 heterocycles. The lowest BCUT2D eigenvalue weighted by atomic mass is 10.3. The number of hydrogen-bond donors (Lipinski definition) is 1. The molecule has 0 fully saturated rings. The average Bonchev–Trinajstić information content (AvgIpc) is 2.31. The minimum Gasteiger partial charge on any atom is -0.340 e. The fraction of sp³-hybridized carbons (Fsp3) is 0.267. The van der Waals surface area contributed by atoms with Crippen molar-refractivity contribution in [2.75, 3.05) is 5.32 Å². The average molecular weight is 258 g/mol. The van der Waals surface area contributed by atoms with E-state index in [1.54, 1.807) is 0 Å². The monoisotopic (exact) mass is 258 g/mol. The fourth-order valence-electron chi connectivity index (χ4n) is 1.54. The lowest BCUT2D eigenvalue weighted by Gasteiger charge is -2.17. The minimum absolute atomic E-state index is 0.218. The second kappa shape index (κ2) is 5.44. The third-order valence-corrected chi connectivity index (χ3v) is 3.30. The minimum atomic E-state index is 0.218. The van der Waals surface area contributed by atoms with Crippen LogP contribution in [0.3, 0.4) is 0 Å². The topological polar surface area (TPSA) is 24.9 Å². The number of rotatable bonds is 3. The van der Waals surface area contributed by atoms with Gasteiger partial charge in [-0.25, -0.2) is 4.98 Å².